The second kappa shape index (κ2) is 13.1. The van der Waals surface area contributed by atoms with Crippen LogP contribution in [-0.2, 0) is 13.0 Å². The van der Waals surface area contributed by atoms with Crippen LogP contribution in [0.1, 0.15) is 41.8 Å². The van der Waals surface area contributed by atoms with Crippen molar-refractivity contribution in [2.45, 2.75) is 39.3 Å². The minimum Gasteiger partial charge on any atom is -0.354 e. The van der Waals surface area contributed by atoms with Crippen LogP contribution in [-0.4, -0.2) is 31.5 Å². The maximum Gasteiger partial charge on any atom is 0.251 e. The zero-order valence-corrected chi connectivity index (χ0v) is 19.2. The summed E-state index contributed by atoms with van der Waals surface area (Å²) in [6, 6.07) is 18.4. The fourth-order valence-electron chi connectivity index (χ4n) is 2.75. The van der Waals surface area contributed by atoms with Crippen LogP contribution >= 0.6 is 24.0 Å². The molecule has 0 aliphatic carbocycles. The first-order valence-corrected chi connectivity index (χ1v) is 9.50. The molecule has 0 aliphatic heterocycles. The SMILES string of the molecule is CCNC(=O)c1ccc(CNC(=NC)NC(C)CCc2ccccc2)cc1.I. The number of aliphatic imine (C=N–C) groups is 1. The molecule has 1 atom stereocenters. The lowest BCUT2D eigenvalue weighted by Crippen LogP contribution is -2.42. The summed E-state index contributed by atoms with van der Waals surface area (Å²) in [4.78, 5) is 16.1. The van der Waals surface area contributed by atoms with Crippen molar-refractivity contribution in [1.82, 2.24) is 16.0 Å². The molecule has 2 rings (SSSR count). The van der Waals surface area contributed by atoms with Crippen molar-refractivity contribution >= 4 is 35.8 Å². The van der Waals surface area contributed by atoms with E-state index in [1.807, 2.05) is 37.3 Å². The second-order valence-corrected chi connectivity index (χ2v) is 6.55. The molecule has 2 aromatic carbocycles. The molecule has 0 saturated carbocycles. The molecule has 0 bridgehead atoms. The fraction of sp³-hybridized carbons (Fsp3) is 0.364. The van der Waals surface area contributed by atoms with Crippen LogP contribution < -0.4 is 16.0 Å². The third-order valence-electron chi connectivity index (χ3n) is 4.33. The van der Waals surface area contributed by atoms with Gasteiger partial charge < -0.3 is 16.0 Å². The Balaban J connectivity index is 0.00000392. The molecule has 152 valence electrons. The molecule has 0 radical (unpaired) electrons. The quantitative estimate of drug-likeness (QED) is 0.298. The van der Waals surface area contributed by atoms with Crippen molar-refractivity contribution in [3.05, 3.63) is 71.3 Å². The molecule has 3 N–H and O–H groups in total. The summed E-state index contributed by atoms with van der Waals surface area (Å²) in [5.74, 6) is 0.741. The third-order valence-corrected chi connectivity index (χ3v) is 4.33. The number of halogens is 1. The van der Waals surface area contributed by atoms with Crippen molar-refractivity contribution < 1.29 is 4.79 Å². The molecule has 0 aliphatic rings. The average molecular weight is 494 g/mol. The van der Waals surface area contributed by atoms with E-state index in [1.54, 1.807) is 7.05 Å². The number of guanidine groups is 1. The molecule has 28 heavy (non-hydrogen) atoms. The minimum atomic E-state index is -0.0401. The van der Waals surface area contributed by atoms with Gasteiger partial charge in [0.2, 0.25) is 0 Å². The lowest BCUT2D eigenvalue weighted by atomic mass is 10.1. The summed E-state index contributed by atoms with van der Waals surface area (Å²) in [7, 11) is 1.78. The number of carbonyl (C=O) groups is 1. The first-order chi connectivity index (χ1) is 13.1. The van der Waals surface area contributed by atoms with E-state index in [0.717, 1.165) is 24.4 Å². The smallest absolute Gasteiger partial charge is 0.251 e. The van der Waals surface area contributed by atoms with Gasteiger partial charge in [0.15, 0.2) is 5.96 Å². The van der Waals surface area contributed by atoms with Crippen LogP contribution in [0.25, 0.3) is 0 Å². The highest BCUT2D eigenvalue weighted by Crippen LogP contribution is 2.06. The van der Waals surface area contributed by atoms with Crippen molar-refractivity contribution in [1.29, 1.82) is 0 Å². The van der Waals surface area contributed by atoms with Gasteiger partial charge in [0.1, 0.15) is 0 Å². The lowest BCUT2D eigenvalue weighted by Gasteiger charge is -2.18. The average Bonchev–Trinajstić information content (AvgIpc) is 2.71. The second-order valence-electron chi connectivity index (χ2n) is 6.55. The van der Waals surface area contributed by atoms with E-state index < -0.39 is 0 Å². The van der Waals surface area contributed by atoms with E-state index in [0.29, 0.717) is 24.7 Å². The molecular formula is C22H31IN4O. The number of nitrogens with one attached hydrogen (secondary N) is 3. The Morgan fingerprint density at radius 1 is 1.00 bits per heavy atom. The monoisotopic (exact) mass is 494 g/mol. The van der Waals surface area contributed by atoms with Gasteiger partial charge in [0.05, 0.1) is 0 Å². The van der Waals surface area contributed by atoms with E-state index in [9.17, 15) is 4.79 Å². The van der Waals surface area contributed by atoms with Crippen molar-refractivity contribution in [2.24, 2.45) is 4.99 Å². The topological polar surface area (TPSA) is 65.5 Å². The predicted molar refractivity (Wildman–Crippen MR) is 127 cm³/mol. The van der Waals surface area contributed by atoms with Gasteiger partial charge in [-0.05, 0) is 49.9 Å². The Bertz CT molecular complexity index is 732. The van der Waals surface area contributed by atoms with Gasteiger partial charge in [-0.1, -0.05) is 42.5 Å². The van der Waals surface area contributed by atoms with Crippen LogP contribution in [0.4, 0.5) is 0 Å². The number of benzene rings is 2. The summed E-state index contributed by atoms with van der Waals surface area (Å²) in [6.07, 6.45) is 2.07. The number of carbonyl (C=O) groups excluding carboxylic acids is 1. The van der Waals surface area contributed by atoms with E-state index in [2.05, 4.69) is 52.1 Å². The zero-order chi connectivity index (χ0) is 19.5. The van der Waals surface area contributed by atoms with Crippen molar-refractivity contribution in [3.63, 3.8) is 0 Å². The van der Waals surface area contributed by atoms with E-state index in [1.165, 1.54) is 5.56 Å². The van der Waals surface area contributed by atoms with E-state index >= 15 is 0 Å². The van der Waals surface area contributed by atoms with Gasteiger partial charge >= 0.3 is 0 Å². The highest BCUT2D eigenvalue weighted by atomic mass is 127. The highest BCUT2D eigenvalue weighted by Gasteiger charge is 2.07. The highest BCUT2D eigenvalue weighted by molar-refractivity contribution is 14.0. The number of amides is 1. The number of aryl methyl sites for hydroxylation is 1. The summed E-state index contributed by atoms with van der Waals surface area (Å²) in [5.41, 5.74) is 3.13. The Morgan fingerprint density at radius 3 is 2.29 bits per heavy atom. The van der Waals surface area contributed by atoms with Crippen LogP contribution in [0.5, 0.6) is 0 Å². The molecule has 1 unspecified atom stereocenters. The van der Waals surface area contributed by atoms with E-state index in [-0.39, 0.29) is 29.9 Å². The van der Waals surface area contributed by atoms with Crippen molar-refractivity contribution in [2.75, 3.05) is 13.6 Å². The normalized spacial score (nSPS) is 11.9. The van der Waals surface area contributed by atoms with Gasteiger partial charge in [-0.2, -0.15) is 0 Å². The van der Waals surface area contributed by atoms with E-state index in [4.69, 9.17) is 0 Å². The van der Waals surface area contributed by atoms with Crippen molar-refractivity contribution in [3.8, 4) is 0 Å². The van der Waals surface area contributed by atoms with Gasteiger partial charge in [0, 0.05) is 31.7 Å². The molecule has 1 amide bonds. The summed E-state index contributed by atoms with van der Waals surface area (Å²) < 4.78 is 0. The maximum absolute atomic E-state index is 11.8. The zero-order valence-electron chi connectivity index (χ0n) is 16.9. The first-order valence-electron chi connectivity index (χ1n) is 9.50. The molecule has 0 aromatic heterocycles. The van der Waals surface area contributed by atoms with Crippen LogP contribution in [0.2, 0.25) is 0 Å². The number of hydrogen-bond donors (Lipinski definition) is 3. The van der Waals surface area contributed by atoms with Crippen LogP contribution in [0.3, 0.4) is 0 Å². The van der Waals surface area contributed by atoms with Gasteiger partial charge in [-0.25, -0.2) is 0 Å². The van der Waals surface area contributed by atoms with Gasteiger partial charge in [0.25, 0.3) is 5.91 Å². The predicted octanol–water partition coefficient (Wildman–Crippen LogP) is 3.74. The van der Waals surface area contributed by atoms with Gasteiger partial charge in [-0.3, -0.25) is 9.79 Å². The summed E-state index contributed by atoms with van der Waals surface area (Å²) in [5, 5.41) is 9.56. The largest absolute Gasteiger partial charge is 0.354 e. The molecule has 6 heteroatoms. The standard InChI is InChI=1S/C22H30N4O.HI/c1-4-24-21(27)20-14-12-19(13-15-20)16-25-22(23-3)26-17(2)10-11-18-8-6-5-7-9-18;/h5-9,12-15,17H,4,10-11,16H2,1-3H3,(H,24,27)(H2,23,25,26);1H. The Morgan fingerprint density at radius 2 is 1.68 bits per heavy atom. The molecule has 0 heterocycles. The molecule has 0 fully saturated rings. The first kappa shape index (κ1) is 23.9. The molecule has 0 spiro atoms. The lowest BCUT2D eigenvalue weighted by molar-refractivity contribution is 0.0956. The Kier molecular flexibility index (Phi) is 11.2. The number of rotatable bonds is 8. The van der Waals surface area contributed by atoms with Crippen LogP contribution in [0, 0.1) is 0 Å². The van der Waals surface area contributed by atoms with Crippen LogP contribution in [0.15, 0.2) is 59.6 Å². The summed E-state index contributed by atoms with van der Waals surface area (Å²) >= 11 is 0. The molecular weight excluding hydrogens is 463 g/mol. The molecule has 2 aromatic rings. The van der Waals surface area contributed by atoms with Gasteiger partial charge in [-0.15, -0.1) is 24.0 Å². The molecule has 0 saturated heterocycles. The fourth-order valence-corrected chi connectivity index (χ4v) is 2.75. The molecule has 5 nitrogen and oxygen atoms in total. The maximum atomic E-state index is 11.8. The number of hydrogen-bond acceptors (Lipinski definition) is 2. The number of nitrogens with zero attached hydrogens (tertiary/aromatic N) is 1. The summed E-state index contributed by atoms with van der Waals surface area (Å²) in [6.45, 7) is 5.36. The minimum absolute atomic E-state index is 0. The Labute approximate surface area is 185 Å². The Hall–Kier alpha value is -2.09. The third kappa shape index (κ3) is 8.29.